The maximum absolute atomic E-state index is 5.53. The third-order valence-corrected chi connectivity index (χ3v) is 4.59. The predicted molar refractivity (Wildman–Crippen MR) is 73.8 cm³/mol. The highest BCUT2D eigenvalue weighted by atomic mass is 16.5. The Morgan fingerprint density at radius 2 is 2.17 bits per heavy atom. The Bertz CT molecular complexity index is 394. The molecule has 1 aliphatic heterocycles. The minimum absolute atomic E-state index is 0.451. The van der Waals surface area contributed by atoms with Gasteiger partial charge in [0.25, 0.3) is 0 Å². The molecule has 0 spiro atoms. The molecule has 2 unspecified atom stereocenters. The van der Waals surface area contributed by atoms with Crippen molar-refractivity contribution in [1.82, 2.24) is 5.32 Å². The van der Waals surface area contributed by atoms with Crippen LogP contribution in [-0.4, -0.2) is 20.3 Å². The molecular weight excluding hydrogens is 222 g/mol. The van der Waals surface area contributed by atoms with E-state index in [1.54, 1.807) is 0 Å². The van der Waals surface area contributed by atoms with Gasteiger partial charge in [0.15, 0.2) is 0 Å². The summed E-state index contributed by atoms with van der Waals surface area (Å²) in [5.74, 6) is 1.45. The summed E-state index contributed by atoms with van der Waals surface area (Å²) < 4.78 is 5.53. The Labute approximate surface area is 110 Å². The van der Waals surface area contributed by atoms with Crippen molar-refractivity contribution in [1.29, 1.82) is 0 Å². The molecule has 1 aromatic rings. The van der Waals surface area contributed by atoms with Crippen LogP contribution < -0.4 is 5.32 Å². The van der Waals surface area contributed by atoms with Crippen LogP contribution >= 0.6 is 0 Å². The quantitative estimate of drug-likeness (QED) is 0.879. The molecule has 2 fully saturated rings. The fourth-order valence-corrected chi connectivity index (χ4v) is 3.24. The lowest BCUT2D eigenvalue weighted by Crippen LogP contribution is -2.25. The third-order valence-electron chi connectivity index (χ3n) is 4.59. The lowest BCUT2D eigenvalue weighted by atomic mass is 9.79. The molecular formula is C16H23NO. The molecule has 2 aliphatic rings. The predicted octanol–water partition coefficient (Wildman–Crippen LogP) is 3.25. The van der Waals surface area contributed by atoms with Crippen LogP contribution in [0.3, 0.4) is 0 Å². The summed E-state index contributed by atoms with van der Waals surface area (Å²) in [7, 11) is 2.07. The molecule has 18 heavy (non-hydrogen) atoms. The van der Waals surface area contributed by atoms with Crippen LogP contribution in [0.4, 0.5) is 0 Å². The molecule has 1 aromatic carbocycles. The Morgan fingerprint density at radius 1 is 1.28 bits per heavy atom. The van der Waals surface area contributed by atoms with Crippen LogP contribution in [0.25, 0.3) is 0 Å². The van der Waals surface area contributed by atoms with Crippen LogP contribution in [0.1, 0.15) is 48.8 Å². The van der Waals surface area contributed by atoms with Gasteiger partial charge in [-0.1, -0.05) is 30.7 Å². The van der Waals surface area contributed by atoms with E-state index in [4.69, 9.17) is 4.74 Å². The van der Waals surface area contributed by atoms with Gasteiger partial charge in [0.2, 0.25) is 0 Å². The maximum atomic E-state index is 5.53. The van der Waals surface area contributed by atoms with Crippen LogP contribution in [-0.2, 0) is 4.74 Å². The average molecular weight is 245 g/mol. The molecule has 2 nitrogen and oxygen atoms in total. The van der Waals surface area contributed by atoms with Crippen molar-refractivity contribution in [2.75, 3.05) is 20.3 Å². The van der Waals surface area contributed by atoms with Gasteiger partial charge in [-0.2, -0.15) is 0 Å². The molecule has 98 valence electrons. The van der Waals surface area contributed by atoms with Crippen molar-refractivity contribution in [3.63, 3.8) is 0 Å². The van der Waals surface area contributed by atoms with Crippen molar-refractivity contribution in [3.05, 3.63) is 35.4 Å². The summed E-state index contributed by atoms with van der Waals surface area (Å²) in [5, 5.41) is 3.48. The average Bonchev–Trinajstić information content (AvgIpc) is 2.82. The number of hydrogen-bond donors (Lipinski definition) is 1. The zero-order valence-corrected chi connectivity index (χ0v) is 11.2. The summed E-state index contributed by atoms with van der Waals surface area (Å²) >= 11 is 0. The summed E-state index contributed by atoms with van der Waals surface area (Å²) in [6, 6.07) is 9.66. The molecule has 1 saturated heterocycles. The van der Waals surface area contributed by atoms with Gasteiger partial charge in [-0.05, 0) is 43.4 Å². The molecule has 2 heteroatoms. The molecule has 0 bridgehead atoms. The van der Waals surface area contributed by atoms with E-state index in [1.807, 2.05) is 0 Å². The minimum Gasteiger partial charge on any atom is -0.381 e. The number of hydrogen-bond acceptors (Lipinski definition) is 2. The van der Waals surface area contributed by atoms with E-state index in [-0.39, 0.29) is 0 Å². The molecule has 2 atom stereocenters. The van der Waals surface area contributed by atoms with Crippen molar-refractivity contribution in [3.8, 4) is 0 Å². The smallest absolute Gasteiger partial charge is 0.0513 e. The highest BCUT2D eigenvalue weighted by Crippen LogP contribution is 2.38. The summed E-state index contributed by atoms with van der Waals surface area (Å²) in [5.41, 5.74) is 2.98. The van der Waals surface area contributed by atoms with Crippen LogP contribution in [0.2, 0.25) is 0 Å². The zero-order chi connectivity index (χ0) is 12.4. The SMILES string of the molecule is CNC(c1cccc(C2CCC2)c1)C1CCOC1. The summed E-state index contributed by atoms with van der Waals surface area (Å²) in [6.45, 7) is 1.82. The highest BCUT2D eigenvalue weighted by Gasteiger charge is 2.27. The molecule has 1 aliphatic carbocycles. The monoisotopic (exact) mass is 245 g/mol. The Balaban J connectivity index is 1.80. The normalized spacial score (nSPS) is 25.9. The van der Waals surface area contributed by atoms with E-state index in [0.29, 0.717) is 12.0 Å². The second-order valence-electron chi connectivity index (χ2n) is 5.69. The van der Waals surface area contributed by atoms with Crippen molar-refractivity contribution >= 4 is 0 Å². The van der Waals surface area contributed by atoms with Gasteiger partial charge in [0.1, 0.15) is 0 Å². The fourth-order valence-electron chi connectivity index (χ4n) is 3.24. The Hall–Kier alpha value is -0.860. The number of ether oxygens (including phenoxy) is 1. The van der Waals surface area contributed by atoms with Gasteiger partial charge >= 0.3 is 0 Å². The largest absolute Gasteiger partial charge is 0.381 e. The summed E-state index contributed by atoms with van der Waals surface area (Å²) in [4.78, 5) is 0. The van der Waals surface area contributed by atoms with Crippen molar-refractivity contribution in [2.45, 2.75) is 37.6 Å². The van der Waals surface area contributed by atoms with Gasteiger partial charge in [-0.15, -0.1) is 0 Å². The standard InChI is InChI=1S/C16H23NO/c1-17-16(15-8-9-18-11-15)14-7-3-6-13(10-14)12-4-2-5-12/h3,6-7,10,12,15-17H,2,4-5,8-9,11H2,1H3. The zero-order valence-electron chi connectivity index (χ0n) is 11.2. The minimum atomic E-state index is 0.451. The van der Waals surface area contributed by atoms with Gasteiger partial charge in [0.05, 0.1) is 6.61 Å². The Morgan fingerprint density at radius 3 is 2.78 bits per heavy atom. The number of nitrogens with one attached hydrogen (secondary N) is 1. The van der Waals surface area contributed by atoms with Gasteiger partial charge < -0.3 is 10.1 Å². The van der Waals surface area contributed by atoms with Gasteiger partial charge in [-0.25, -0.2) is 0 Å². The van der Waals surface area contributed by atoms with E-state index in [1.165, 1.54) is 36.8 Å². The van der Waals surface area contributed by atoms with E-state index >= 15 is 0 Å². The first-order chi connectivity index (χ1) is 8.88. The van der Waals surface area contributed by atoms with Gasteiger partial charge in [-0.3, -0.25) is 0 Å². The van der Waals surface area contributed by atoms with Crippen LogP contribution in [0, 0.1) is 5.92 Å². The fraction of sp³-hybridized carbons (Fsp3) is 0.625. The van der Waals surface area contributed by atoms with E-state index in [9.17, 15) is 0 Å². The van der Waals surface area contributed by atoms with E-state index in [2.05, 4.69) is 36.6 Å². The number of rotatable bonds is 4. The Kier molecular flexibility index (Phi) is 3.67. The molecule has 0 amide bonds. The highest BCUT2D eigenvalue weighted by molar-refractivity contribution is 5.30. The molecule has 1 N–H and O–H groups in total. The van der Waals surface area contributed by atoms with Crippen molar-refractivity contribution in [2.24, 2.45) is 5.92 Å². The molecule has 1 saturated carbocycles. The van der Waals surface area contributed by atoms with E-state index in [0.717, 1.165) is 19.1 Å². The summed E-state index contributed by atoms with van der Waals surface area (Å²) in [6.07, 6.45) is 5.33. The lowest BCUT2D eigenvalue weighted by Gasteiger charge is -2.28. The van der Waals surface area contributed by atoms with E-state index < -0.39 is 0 Å². The first-order valence-electron chi connectivity index (χ1n) is 7.23. The molecule has 1 heterocycles. The topological polar surface area (TPSA) is 21.3 Å². The second-order valence-corrected chi connectivity index (χ2v) is 5.69. The maximum Gasteiger partial charge on any atom is 0.0513 e. The first kappa shape index (κ1) is 12.2. The van der Waals surface area contributed by atoms with Crippen molar-refractivity contribution < 1.29 is 4.74 Å². The second kappa shape index (κ2) is 5.41. The molecule has 3 rings (SSSR count). The lowest BCUT2D eigenvalue weighted by molar-refractivity contribution is 0.178. The molecule has 0 radical (unpaired) electrons. The third kappa shape index (κ3) is 2.32. The molecule has 0 aromatic heterocycles. The van der Waals surface area contributed by atoms with Gasteiger partial charge in [0, 0.05) is 18.6 Å². The number of benzene rings is 1. The van der Waals surface area contributed by atoms with Crippen LogP contribution in [0.15, 0.2) is 24.3 Å². The van der Waals surface area contributed by atoms with Crippen LogP contribution in [0.5, 0.6) is 0 Å². The first-order valence-corrected chi connectivity index (χ1v) is 7.23.